The summed E-state index contributed by atoms with van der Waals surface area (Å²) >= 11 is 0. The molecule has 1 unspecified atom stereocenters. The first-order valence-corrected chi connectivity index (χ1v) is 7.04. The summed E-state index contributed by atoms with van der Waals surface area (Å²) in [7, 11) is 1.52. The molecule has 0 aliphatic rings. The van der Waals surface area contributed by atoms with E-state index in [9.17, 15) is 9.18 Å². The van der Waals surface area contributed by atoms with E-state index >= 15 is 0 Å². The molecule has 0 fully saturated rings. The maximum Gasteiger partial charge on any atom is 0.242 e. The van der Waals surface area contributed by atoms with Crippen molar-refractivity contribution in [1.29, 1.82) is 0 Å². The Kier molecular flexibility index (Phi) is 4.80. The number of carbonyl (C=O) groups excluding carboxylic acids is 1. The number of hydrogen-bond acceptors (Lipinski definition) is 3. The zero-order valence-electron chi connectivity index (χ0n) is 13.2. The Labute approximate surface area is 129 Å². The van der Waals surface area contributed by atoms with E-state index in [1.807, 2.05) is 19.9 Å². The van der Waals surface area contributed by atoms with Crippen LogP contribution in [-0.2, 0) is 11.3 Å². The highest BCUT2D eigenvalue weighted by Crippen LogP contribution is 2.25. The maximum absolute atomic E-state index is 13.4. The van der Waals surface area contributed by atoms with Crippen molar-refractivity contribution in [2.24, 2.45) is 0 Å². The molecule has 0 aliphatic heterocycles. The van der Waals surface area contributed by atoms with Gasteiger partial charge in [-0.05, 0) is 45.0 Å². The molecule has 0 spiro atoms. The highest BCUT2D eigenvalue weighted by Gasteiger charge is 2.16. The van der Waals surface area contributed by atoms with Crippen LogP contribution in [0.5, 0.6) is 5.75 Å². The van der Waals surface area contributed by atoms with Crippen molar-refractivity contribution >= 4 is 5.91 Å². The van der Waals surface area contributed by atoms with Crippen LogP contribution in [-0.4, -0.2) is 22.8 Å². The molecule has 2 rings (SSSR count). The second-order valence-electron chi connectivity index (χ2n) is 5.26. The van der Waals surface area contributed by atoms with E-state index in [0.717, 1.165) is 11.4 Å². The average molecular weight is 305 g/mol. The third kappa shape index (κ3) is 3.63. The number of hydrogen-bond donors (Lipinski definition) is 1. The van der Waals surface area contributed by atoms with Crippen LogP contribution in [0.25, 0.3) is 0 Å². The van der Waals surface area contributed by atoms with Crippen LogP contribution in [0.3, 0.4) is 0 Å². The van der Waals surface area contributed by atoms with E-state index in [-0.39, 0.29) is 24.3 Å². The number of ether oxygens (including phenoxy) is 1. The predicted octanol–water partition coefficient (Wildman–Crippen LogP) is 2.53. The van der Waals surface area contributed by atoms with Gasteiger partial charge in [-0.1, -0.05) is 0 Å². The molecule has 1 aromatic carbocycles. The molecule has 2 aromatic rings. The van der Waals surface area contributed by atoms with Gasteiger partial charge in [-0.15, -0.1) is 0 Å². The van der Waals surface area contributed by atoms with Gasteiger partial charge >= 0.3 is 0 Å². The summed E-state index contributed by atoms with van der Waals surface area (Å²) in [6, 6.07) is 5.79. The lowest BCUT2D eigenvalue weighted by Gasteiger charge is -2.17. The van der Waals surface area contributed by atoms with E-state index in [1.165, 1.54) is 19.2 Å². The lowest BCUT2D eigenvalue weighted by atomic mass is 10.1. The van der Waals surface area contributed by atoms with Crippen LogP contribution in [0, 0.1) is 19.7 Å². The van der Waals surface area contributed by atoms with Gasteiger partial charge in [-0.2, -0.15) is 5.10 Å². The monoisotopic (exact) mass is 305 g/mol. The van der Waals surface area contributed by atoms with Gasteiger partial charge in [0.25, 0.3) is 0 Å². The average Bonchev–Trinajstić information content (AvgIpc) is 2.76. The normalized spacial score (nSPS) is 12.0. The van der Waals surface area contributed by atoms with Crippen LogP contribution in [0.15, 0.2) is 24.3 Å². The van der Waals surface area contributed by atoms with E-state index in [0.29, 0.717) is 11.3 Å². The first-order valence-electron chi connectivity index (χ1n) is 7.04. The minimum atomic E-state index is -0.366. The number of amides is 1. The van der Waals surface area contributed by atoms with Gasteiger partial charge in [-0.3, -0.25) is 9.48 Å². The molecule has 22 heavy (non-hydrogen) atoms. The molecular weight excluding hydrogens is 285 g/mol. The summed E-state index contributed by atoms with van der Waals surface area (Å²) in [6.45, 7) is 5.69. The summed E-state index contributed by atoms with van der Waals surface area (Å²) in [5.74, 6) is -0.0132. The van der Waals surface area contributed by atoms with Gasteiger partial charge in [0.1, 0.15) is 18.1 Å². The van der Waals surface area contributed by atoms with Crippen LogP contribution in [0.2, 0.25) is 0 Å². The van der Waals surface area contributed by atoms with Gasteiger partial charge in [-0.25, -0.2) is 4.39 Å². The fraction of sp³-hybridized carbons (Fsp3) is 0.375. The van der Waals surface area contributed by atoms with E-state index < -0.39 is 0 Å². The molecule has 0 saturated carbocycles. The maximum atomic E-state index is 13.4. The first-order chi connectivity index (χ1) is 10.4. The molecule has 1 heterocycles. The topological polar surface area (TPSA) is 56.1 Å². The van der Waals surface area contributed by atoms with Crippen molar-refractivity contribution in [3.8, 4) is 5.75 Å². The number of aromatic nitrogens is 2. The number of halogens is 1. The summed E-state index contributed by atoms with van der Waals surface area (Å²) in [5.41, 5.74) is 2.39. The third-order valence-corrected chi connectivity index (χ3v) is 3.43. The molecule has 0 saturated heterocycles. The number of carbonyl (C=O) groups is 1. The van der Waals surface area contributed by atoms with E-state index in [1.54, 1.807) is 17.7 Å². The smallest absolute Gasteiger partial charge is 0.242 e. The van der Waals surface area contributed by atoms with Crippen molar-refractivity contribution in [2.75, 3.05) is 7.11 Å². The molecule has 0 radical (unpaired) electrons. The number of nitrogens with zero attached hydrogens (tertiary/aromatic N) is 2. The fourth-order valence-corrected chi connectivity index (χ4v) is 2.38. The minimum absolute atomic E-state index is 0.127. The zero-order chi connectivity index (χ0) is 16.3. The standard InChI is InChI=1S/C16H20FN3O2/c1-10-7-11(2)20(19-10)9-16(21)18-12(3)14-8-13(17)5-6-15(14)22-4/h5-8,12H,9H2,1-4H3,(H,18,21). The molecule has 1 atom stereocenters. The van der Waals surface area contributed by atoms with Gasteiger partial charge in [0.2, 0.25) is 5.91 Å². The highest BCUT2D eigenvalue weighted by molar-refractivity contribution is 5.76. The Morgan fingerprint density at radius 2 is 2.14 bits per heavy atom. The van der Waals surface area contributed by atoms with Crippen LogP contribution >= 0.6 is 0 Å². The second kappa shape index (κ2) is 6.60. The third-order valence-electron chi connectivity index (χ3n) is 3.43. The Bertz CT molecular complexity index is 682. The van der Waals surface area contributed by atoms with Gasteiger partial charge < -0.3 is 10.1 Å². The molecule has 5 nitrogen and oxygen atoms in total. The zero-order valence-corrected chi connectivity index (χ0v) is 13.2. The molecule has 0 aliphatic carbocycles. The second-order valence-corrected chi connectivity index (χ2v) is 5.26. The molecule has 1 N–H and O–H groups in total. The van der Waals surface area contributed by atoms with Crippen LogP contribution in [0.1, 0.15) is 29.9 Å². The van der Waals surface area contributed by atoms with Gasteiger partial charge in [0.05, 0.1) is 18.8 Å². The van der Waals surface area contributed by atoms with Crippen molar-refractivity contribution in [2.45, 2.75) is 33.4 Å². The highest BCUT2D eigenvalue weighted by atomic mass is 19.1. The Balaban J connectivity index is 2.08. The van der Waals surface area contributed by atoms with Crippen molar-refractivity contribution in [3.05, 3.63) is 47.0 Å². The lowest BCUT2D eigenvalue weighted by molar-refractivity contribution is -0.122. The van der Waals surface area contributed by atoms with Gasteiger partial charge in [0.15, 0.2) is 0 Å². The number of aryl methyl sites for hydroxylation is 2. The van der Waals surface area contributed by atoms with Crippen LogP contribution < -0.4 is 10.1 Å². The predicted molar refractivity (Wildman–Crippen MR) is 81.2 cm³/mol. The quantitative estimate of drug-likeness (QED) is 0.923. The molecular formula is C16H20FN3O2. The number of rotatable bonds is 5. The Morgan fingerprint density at radius 3 is 2.73 bits per heavy atom. The van der Waals surface area contributed by atoms with E-state index in [4.69, 9.17) is 4.74 Å². The Morgan fingerprint density at radius 1 is 1.41 bits per heavy atom. The molecule has 6 heteroatoms. The SMILES string of the molecule is COc1ccc(F)cc1C(C)NC(=O)Cn1nc(C)cc1C. The summed E-state index contributed by atoms with van der Waals surface area (Å²) < 4.78 is 20.2. The number of benzene rings is 1. The van der Waals surface area contributed by atoms with Crippen molar-refractivity contribution in [1.82, 2.24) is 15.1 Å². The largest absolute Gasteiger partial charge is 0.496 e. The molecule has 0 bridgehead atoms. The van der Waals surface area contributed by atoms with Crippen LogP contribution in [0.4, 0.5) is 4.39 Å². The number of nitrogens with one attached hydrogen (secondary N) is 1. The number of methoxy groups -OCH3 is 1. The molecule has 1 amide bonds. The minimum Gasteiger partial charge on any atom is -0.496 e. The van der Waals surface area contributed by atoms with E-state index in [2.05, 4.69) is 10.4 Å². The van der Waals surface area contributed by atoms with Crippen molar-refractivity contribution in [3.63, 3.8) is 0 Å². The fourth-order valence-electron chi connectivity index (χ4n) is 2.38. The Hall–Kier alpha value is -2.37. The summed E-state index contributed by atoms with van der Waals surface area (Å²) in [6.07, 6.45) is 0. The van der Waals surface area contributed by atoms with Gasteiger partial charge in [0, 0.05) is 11.3 Å². The van der Waals surface area contributed by atoms with Crippen molar-refractivity contribution < 1.29 is 13.9 Å². The summed E-state index contributed by atoms with van der Waals surface area (Å²) in [5, 5.41) is 7.09. The lowest BCUT2D eigenvalue weighted by Crippen LogP contribution is -2.31. The molecule has 1 aromatic heterocycles. The summed E-state index contributed by atoms with van der Waals surface area (Å²) in [4.78, 5) is 12.1. The first kappa shape index (κ1) is 16.0. The molecule has 118 valence electrons.